The molecule has 6 nitrogen and oxygen atoms in total. The number of carbonyl (C=O) groups excluding carboxylic acids is 2. The van der Waals surface area contributed by atoms with E-state index >= 15 is 0 Å². The zero-order valence-electron chi connectivity index (χ0n) is 12.4. The number of primary amides is 1. The van der Waals surface area contributed by atoms with Crippen LogP contribution in [0.5, 0.6) is 11.5 Å². The van der Waals surface area contributed by atoms with Crippen LogP contribution in [0.2, 0.25) is 0 Å². The summed E-state index contributed by atoms with van der Waals surface area (Å²) in [6.07, 6.45) is 0.841. The number of anilines is 1. The van der Waals surface area contributed by atoms with Gasteiger partial charge in [-0.15, -0.1) is 0 Å². The van der Waals surface area contributed by atoms with Crippen molar-refractivity contribution < 1.29 is 19.1 Å². The van der Waals surface area contributed by atoms with Crippen LogP contribution in [0.3, 0.4) is 0 Å². The molecule has 0 fully saturated rings. The normalized spacial score (nSPS) is 12.0. The molecule has 23 heavy (non-hydrogen) atoms. The Bertz CT molecular complexity index is 758. The van der Waals surface area contributed by atoms with Crippen molar-refractivity contribution in [2.45, 2.75) is 12.8 Å². The van der Waals surface area contributed by atoms with Crippen LogP contribution in [-0.2, 0) is 11.2 Å². The molecule has 0 saturated heterocycles. The highest BCUT2D eigenvalue weighted by Crippen LogP contribution is 2.32. The molecule has 0 radical (unpaired) electrons. The quantitative estimate of drug-likeness (QED) is 0.884. The summed E-state index contributed by atoms with van der Waals surface area (Å²) in [7, 11) is 0. The van der Waals surface area contributed by atoms with Crippen molar-refractivity contribution in [3.8, 4) is 11.5 Å². The Morgan fingerprint density at radius 3 is 2.70 bits per heavy atom. The van der Waals surface area contributed by atoms with Gasteiger partial charge in [0.05, 0.1) is 11.3 Å². The number of benzene rings is 2. The number of rotatable bonds is 5. The van der Waals surface area contributed by atoms with Crippen LogP contribution in [0.1, 0.15) is 22.3 Å². The fourth-order valence-electron chi connectivity index (χ4n) is 2.37. The first-order valence-electron chi connectivity index (χ1n) is 7.21. The van der Waals surface area contributed by atoms with E-state index < -0.39 is 5.91 Å². The molecule has 0 spiro atoms. The number of aryl methyl sites for hydroxylation is 1. The lowest BCUT2D eigenvalue weighted by Crippen LogP contribution is -2.18. The molecule has 3 rings (SSSR count). The second-order valence-electron chi connectivity index (χ2n) is 5.15. The zero-order valence-corrected chi connectivity index (χ0v) is 12.4. The van der Waals surface area contributed by atoms with Gasteiger partial charge in [-0.05, 0) is 36.2 Å². The van der Waals surface area contributed by atoms with Gasteiger partial charge in [-0.3, -0.25) is 9.59 Å². The van der Waals surface area contributed by atoms with Gasteiger partial charge in [-0.1, -0.05) is 18.2 Å². The van der Waals surface area contributed by atoms with Crippen LogP contribution >= 0.6 is 0 Å². The molecule has 2 aromatic rings. The van der Waals surface area contributed by atoms with E-state index in [2.05, 4.69) is 5.32 Å². The van der Waals surface area contributed by atoms with E-state index in [9.17, 15) is 9.59 Å². The number of amides is 2. The molecule has 2 amide bonds. The molecule has 6 heteroatoms. The van der Waals surface area contributed by atoms with Crippen LogP contribution in [-0.4, -0.2) is 18.6 Å². The smallest absolute Gasteiger partial charge is 0.250 e. The van der Waals surface area contributed by atoms with Gasteiger partial charge < -0.3 is 20.5 Å². The summed E-state index contributed by atoms with van der Waals surface area (Å²) in [4.78, 5) is 23.4. The van der Waals surface area contributed by atoms with E-state index in [-0.39, 0.29) is 19.1 Å². The highest BCUT2D eigenvalue weighted by Gasteiger charge is 2.14. The molecular weight excluding hydrogens is 296 g/mol. The summed E-state index contributed by atoms with van der Waals surface area (Å²) >= 11 is 0. The molecule has 0 aromatic heterocycles. The summed E-state index contributed by atoms with van der Waals surface area (Å²) in [5.41, 5.74) is 6.99. The maximum absolute atomic E-state index is 12.1. The third-order valence-electron chi connectivity index (χ3n) is 3.54. The van der Waals surface area contributed by atoms with E-state index in [0.717, 1.165) is 5.56 Å². The van der Waals surface area contributed by atoms with Crippen molar-refractivity contribution in [2.75, 3.05) is 12.1 Å². The monoisotopic (exact) mass is 312 g/mol. The average Bonchev–Trinajstić information content (AvgIpc) is 3.01. The highest BCUT2D eigenvalue weighted by atomic mass is 16.7. The van der Waals surface area contributed by atoms with Gasteiger partial charge in [-0.2, -0.15) is 0 Å². The standard InChI is InChI=1S/C17H16N2O4/c18-17(21)12-3-1-2-4-13(12)19-16(20)8-6-11-5-7-14-15(9-11)23-10-22-14/h1-5,7,9H,6,8,10H2,(H2,18,21)(H,19,20). The molecule has 1 aliphatic heterocycles. The second kappa shape index (κ2) is 6.39. The van der Waals surface area contributed by atoms with Gasteiger partial charge in [-0.25, -0.2) is 0 Å². The summed E-state index contributed by atoms with van der Waals surface area (Å²) < 4.78 is 10.6. The average molecular weight is 312 g/mol. The molecule has 118 valence electrons. The largest absolute Gasteiger partial charge is 0.454 e. The van der Waals surface area contributed by atoms with E-state index in [1.165, 1.54) is 0 Å². The fourth-order valence-corrected chi connectivity index (χ4v) is 2.37. The minimum atomic E-state index is -0.573. The molecule has 2 aromatic carbocycles. The first-order valence-corrected chi connectivity index (χ1v) is 7.21. The summed E-state index contributed by atoms with van der Waals surface area (Å²) in [5.74, 6) is 0.656. The second-order valence-corrected chi connectivity index (χ2v) is 5.15. The summed E-state index contributed by atoms with van der Waals surface area (Å²) in [6, 6.07) is 12.3. The van der Waals surface area contributed by atoms with Crippen molar-refractivity contribution >= 4 is 17.5 Å². The van der Waals surface area contributed by atoms with Gasteiger partial charge >= 0.3 is 0 Å². The number of fused-ring (bicyclic) bond motifs is 1. The number of nitrogens with two attached hydrogens (primary N) is 1. The topological polar surface area (TPSA) is 90.7 Å². The number of hydrogen-bond acceptors (Lipinski definition) is 4. The minimum Gasteiger partial charge on any atom is -0.454 e. The number of hydrogen-bond donors (Lipinski definition) is 2. The maximum atomic E-state index is 12.1. The van der Waals surface area contributed by atoms with Crippen molar-refractivity contribution in [2.24, 2.45) is 5.73 Å². The predicted octanol–water partition coefficient (Wildman–Crippen LogP) is 2.09. The first-order chi connectivity index (χ1) is 11.1. The third kappa shape index (κ3) is 3.42. The van der Waals surface area contributed by atoms with Gasteiger partial charge in [0.15, 0.2) is 11.5 Å². The molecule has 0 aliphatic carbocycles. The molecule has 3 N–H and O–H groups in total. The minimum absolute atomic E-state index is 0.184. The van der Waals surface area contributed by atoms with Crippen LogP contribution in [0.25, 0.3) is 0 Å². The Morgan fingerprint density at radius 1 is 1.09 bits per heavy atom. The lowest BCUT2D eigenvalue weighted by atomic mass is 10.1. The predicted molar refractivity (Wildman–Crippen MR) is 84.5 cm³/mol. The van der Waals surface area contributed by atoms with Gasteiger partial charge in [0.1, 0.15) is 0 Å². The van der Waals surface area contributed by atoms with E-state index in [1.807, 2.05) is 18.2 Å². The Labute approximate surface area is 133 Å². The molecule has 0 bridgehead atoms. The lowest BCUT2D eigenvalue weighted by Gasteiger charge is -2.09. The third-order valence-corrected chi connectivity index (χ3v) is 3.54. The molecule has 1 aliphatic rings. The van der Waals surface area contributed by atoms with Gasteiger partial charge in [0, 0.05) is 6.42 Å². The summed E-state index contributed by atoms with van der Waals surface area (Å²) in [5, 5.41) is 2.72. The van der Waals surface area contributed by atoms with E-state index in [4.69, 9.17) is 15.2 Å². The maximum Gasteiger partial charge on any atom is 0.250 e. The van der Waals surface area contributed by atoms with Gasteiger partial charge in [0.25, 0.3) is 5.91 Å². The van der Waals surface area contributed by atoms with Gasteiger partial charge in [0.2, 0.25) is 12.7 Å². The first kappa shape index (κ1) is 14.9. The van der Waals surface area contributed by atoms with E-state index in [0.29, 0.717) is 29.2 Å². The highest BCUT2D eigenvalue weighted by molar-refractivity contribution is 6.02. The Balaban J connectivity index is 1.61. The van der Waals surface area contributed by atoms with Crippen molar-refractivity contribution in [1.82, 2.24) is 0 Å². The molecule has 0 atom stereocenters. The SMILES string of the molecule is NC(=O)c1ccccc1NC(=O)CCc1ccc2c(c1)OCO2. The molecule has 1 heterocycles. The van der Waals surface area contributed by atoms with Crippen LogP contribution < -0.4 is 20.5 Å². The van der Waals surface area contributed by atoms with Crippen LogP contribution in [0, 0.1) is 0 Å². The van der Waals surface area contributed by atoms with E-state index in [1.54, 1.807) is 24.3 Å². The lowest BCUT2D eigenvalue weighted by molar-refractivity contribution is -0.116. The number of carbonyl (C=O) groups is 2. The Morgan fingerprint density at radius 2 is 1.87 bits per heavy atom. The summed E-state index contributed by atoms with van der Waals surface area (Å²) in [6.45, 7) is 0.225. The zero-order chi connectivity index (χ0) is 16.2. The number of ether oxygens (including phenoxy) is 2. The number of nitrogens with one attached hydrogen (secondary N) is 1. The Hall–Kier alpha value is -3.02. The van der Waals surface area contributed by atoms with Crippen molar-refractivity contribution in [3.63, 3.8) is 0 Å². The molecular formula is C17H16N2O4. The fraction of sp³-hybridized carbons (Fsp3) is 0.176. The van der Waals surface area contributed by atoms with Crippen LogP contribution in [0.4, 0.5) is 5.69 Å². The molecule has 0 unspecified atom stereocenters. The van der Waals surface area contributed by atoms with Crippen molar-refractivity contribution in [3.05, 3.63) is 53.6 Å². The molecule has 0 saturated carbocycles. The van der Waals surface area contributed by atoms with Crippen molar-refractivity contribution in [1.29, 1.82) is 0 Å². The number of para-hydroxylation sites is 1. The Kier molecular flexibility index (Phi) is 4.14. The van der Waals surface area contributed by atoms with Crippen LogP contribution in [0.15, 0.2) is 42.5 Å².